The summed E-state index contributed by atoms with van der Waals surface area (Å²) < 4.78 is 4.92. The maximum absolute atomic E-state index is 11.4. The van der Waals surface area contributed by atoms with Crippen molar-refractivity contribution in [1.29, 1.82) is 0 Å². The molecule has 16 heavy (non-hydrogen) atoms. The van der Waals surface area contributed by atoms with Crippen LogP contribution in [0.2, 0.25) is 0 Å². The number of amides is 1. The highest BCUT2D eigenvalue weighted by Crippen LogP contribution is 2.21. The van der Waals surface area contributed by atoms with Crippen LogP contribution in [0.4, 0.5) is 4.79 Å². The molecule has 0 radical (unpaired) electrons. The predicted molar refractivity (Wildman–Crippen MR) is 61.3 cm³/mol. The zero-order valence-corrected chi connectivity index (χ0v) is 10.2. The molecule has 5 nitrogen and oxygen atoms in total. The quantitative estimate of drug-likeness (QED) is 0.741. The fourth-order valence-electron chi connectivity index (χ4n) is 1.85. The Labute approximate surface area is 96.8 Å². The molecule has 2 N–H and O–H groups in total. The van der Waals surface area contributed by atoms with E-state index in [0.717, 1.165) is 6.54 Å². The summed E-state index contributed by atoms with van der Waals surface area (Å²) in [7, 11) is 0. The molecular weight excluding hydrogens is 208 g/mol. The number of ether oxygens (including phenoxy) is 1. The second kappa shape index (κ2) is 6.06. The Morgan fingerprint density at radius 3 is 2.56 bits per heavy atom. The van der Waals surface area contributed by atoms with E-state index >= 15 is 0 Å². The number of rotatable bonds is 4. The fourth-order valence-corrected chi connectivity index (χ4v) is 1.85. The van der Waals surface area contributed by atoms with Crippen LogP contribution in [-0.4, -0.2) is 54.5 Å². The van der Waals surface area contributed by atoms with E-state index in [9.17, 15) is 9.90 Å². The average molecular weight is 230 g/mol. The molecule has 1 saturated heterocycles. The molecule has 1 heterocycles. The minimum absolute atomic E-state index is 0.270. The molecular formula is C11H22N2O3. The van der Waals surface area contributed by atoms with E-state index in [1.807, 2.05) is 6.92 Å². The minimum Gasteiger partial charge on any atom is -0.450 e. The third kappa shape index (κ3) is 3.64. The van der Waals surface area contributed by atoms with Gasteiger partial charge in [-0.1, -0.05) is 6.92 Å². The van der Waals surface area contributed by atoms with Gasteiger partial charge in [-0.25, -0.2) is 4.79 Å². The van der Waals surface area contributed by atoms with Gasteiger partial charge in [0.2, 0.25) is 0 Å². The molecule has 94 valence electrons. The summed E-state index contributed by atoms with van der Waals surface area (Å²) in [5.74, 6) is 0. The molecule has 0 bridgehead atoms. The number of likely N-dealkylation sites (tertiary alicyclic amines) is 1. The highest BCUT2D eigenvalue weighted by molar-refractivity contribution is 5.67. The molecule has 1 rings (SSSR count). The second-order valence-electron chi connectivity index (χ2n) is 4.19. The van der Waals surface area contributed by atoms with Gasteiger partial charge in [-0.05, 0) is 26.3 Å². The number of hydrogen-bond donors (Lipinski definition) is 2. The number of likely N-dealkylation sites (N-methyl/N-ethyl adjacent to an activating group) is 1. The van der Waals surface area contributed by atoms with Gasteiger partial charge in [0.15, 0.2) is 0 Å². The van der Waals surface area contributed by atoms with Crippen molar-refractivity contribution < 1.29 is 14.6 Å². The molecule has 5 heteroatoms. The molecule has 1 aliphatic rings. The molecule has 1 amide bonds. The number of piperidine rings is 1. The van der Waals surface area contributed by atoms with E-state index in [4.69, 9.17) is 4.74 Å². The smallest absolute Gasteiger partial charge is 0.409 e. The summed E-state index contributed by atoms with van der Waals surface area (Å²) in [6.45, 7) is 6.79. The molecule has 0 aliphatic carbocycles. The summed E-state index contributed by atoms with van der Waals surface area (Å²) in [5.41, 5.74) is -0.668. The Morgan fingerprint density at radius 1 is 1.44 bits per heavy atom. The molecule has 0 saturated carbocycles. The van der Waals surface area contributed by atoms with Crippen LogP contribution < -0.4 is 5.32 Å². The van der Waals surface area contributed by atoms with Gasteiger partial charge in [0.05, 0.1) is 12.2 Å². The van der Waals surface area contributed by atoms with Crippen molar-refractivity contribution >= 4 is 6.09 Å². The Morgan fingerprint density at radius 2 is 2.06 bits per heavy atom. The lowest BCUT2D eigenvalue weighted by atomic mass is 9.91. The number of nitrogens with one attached hydrogen (secondary N) is 1. The van der Waals surface area contributed by atoms with Crippen molar-refractivity contribution in [2.75, 3.05) is 32.8 Å². The van der Waals surface area contributed by atoms with Gasteiger partial charge >= 0.3 is 6.09 Å². The Hall–Kier alpha value is -0.810. The van der Waals surface area contributed by atoms with Gasteiger partial charge in [-0.3, -0.25) is 0 Å². The lowest BCUT2D eigenvalue weighted by Crippen LogP contribution is -2.51. The maximum atomic E-state index is 11.4. The van der Waals surface area contributed by atoms with Crippen molar-refractivity contribution in [3.05, 3.63) is 0 Å². The van der Waals surface area contributed by atoms with E-state index < -0.39 is 5.60 Å². The monoisotopic (exact) mass is 230 g/mol. The lowest BCUT2D eigenvalue weighted by Gasteiger charge is -2.37. The van der Waals surface area contributed by atoms with E-state index in [-0.39, 0.29) is 6.09 Å². The standard InChI is InChI=1S/C11H22N2O3/c1-3-12-9-11(15)5-7-13(8-6-11)10(14)16-4-2/h12,15H,3-9H2,1-2H3. The number of hydrogen-bond acceptors (Lipinski definition) is 4. The van der Waals surface area contributed by atoms with Gasteiger partial charge in [-0.2, -0.15) is 0 Å². The van der Waals surface area contributed by atoms with Crippen molar-refractivity contribution in [2.24, 2.45) is 0 Å². The number of carbonyl (C=O) groups excluding carboxylic acids is 1. The third-order valence-corrected chi connectivity index (χ3v) is 2.92. The van der Waals surface area contributed by atoms with Gasteiger partial charge in [0, 0.05) is 19.6 Å². The van der Waals surface area contributed by atoms with Gasteiger partial charge in [0.1, 0.15) is 0 Å². The maximum Gasteiger partial charge on any atom is 0.409 e. The van der Waals surface area contributed by atoms with Crippen LogP contribution in [-0.2, 0) is 4.74 Å². The average Bonchev–Trinajstić information content (AvgIpc) is 2.28. The number of nitrogens with zero attached hydrogens (tertiary/aromatic N) is 1. The van der Waals surface area contributed by atoms with Crippen molar-refractivity contribution in [1.82, 2.24) is 10.2 Å². The summed E-state index contributed by atoms with van der Waals surface area (Å²) in [6, 6.07) is 0. The van der Waals surface area contributed by atoms with E-state index in [2.05, 4.69) is 5.32 Å². The van der Waals surface area contributed by atoms with E-state index in [1.165, 1.54) is 0 Å². The highest BCUT2D eigenvalue weighted by Gasteiger charge is 2.33. The van der Waals surface area contributed by atoms with E-state index in [1.54, 1.807) is 11.8 Å². The topological polar surface area (TPSA) is 61.8 Å². The minimum atomic E-state index is -0.668. The van der Waals surface area contributed by atoms with Crippen LogP contribution in [0, 0.1) is 0 Å². The van der Waals surface area contributed by atoms with Crippen molar-refractivity contribution in [3.63, 3.8) is 0 Å². The third-order valence-electron chi connectivity index (χ3n) is 2.92. The molecule has 0 spiro atoms. The fraction of sp³-hybridized carbons (Fsp3) is 0.909. The molecule has 0 unspecified atom stereocenters. The van der Waals surface area contributed by atoms with Gasteiger partial charge < -0.3 is 20.1 Å². The first-order valence-electron chi connectivity index (χ1n) is 5.96. The summed E-state index contributed by atoms with van der Waals surface area (Å²) >= 11 is 0. The first-order chi connectivity index (χ1) is 7.61. The Balaban J connectivity index is 2.35. The Kier molecular flexibility index (Phi) is 5.02. The van der Waals surface area contributed by atoms with Crippen LogP contribution in [0.25, 0.3) is 0 Å². The highest BCUT2D eigenvalue weighted by atomic mass is 16.6. The van der Waals surface area contributed by atoms with E-state index in [0.29, 0.717) is 39.1 Å². The first kappa shape index (κ1) is 13.3. The number of aliphatic hydroxyl groups is 1. The van der Waals surface area contributed by atoms with Crippen LogP contribution >= 0.6 is 0 Å². The summed E-state index contributed by atoms with van der Waals surface area (Å²) in [6.07, 6.45) is 0.949. The SMILES string of the molecule is CCNCC1(O)CCN(C(=O)OCC)CC1. The van der Waals surface area contributed by atoms with Crippen LogP contribution in [0.5, 0.6) is 0 Å². The lowest BCUT2D eigenvalue weighted by molar-refractivity contribution is -0.0184. The Bertz CT molecular complexity index is 225. The van der Waals surface area contributed by atoms with Crippen LogP contribution in [0.15, 0.2) is 0 Å². The molecule has 1 fully saturated rings. The predicted octanol–water partition coefficient (Wildman–Crippen LogP) is 0.579. The normalized spacial score (nSPS) is 19.6. The largest absolute Gasteiger partial charge is 0.450 e. The van der Waals surface area contributed by atoms with Crippen LogP contribution in [0.1, 0.15) is 26.7 Å². The molecule has 0 aromatic heterocycles. The van der Waals surface area contributed by atoms with Crippen molar-refractivity contribution in [3.8, 4) is 0 Å². The van der Waals surface area contributed by atoms with Gasteiger partial charge in [-0.15, -0.1) is 0 Å². The summed E-state index contributed by atoms with van der Waals surface area (Å²) in [4.78, 5) is 13.1. The molecule has 1 aliphatic heterocycles. The zero-order chi connectivity index (χ0) is 12.0. The number of carbonyl (C=O) groups is 1. The zero-order valence-electron chi connectivity index (χ0n) is 10.2. The van der Waals surface area contributed by atoms with Crippen molar-refractivity contribution in [2.45, 2.75) is 32.3 Å². The van der Waals surface area contributed by atoms with Gasteiger partial charge in [0.25, 0.3) is 0 Å². The molecule has 0 atom stereocenters. The first-order valence-corrected chi connectivity index (χ1v) is 5.96. The second-order valence-corrected chi connectivity index (χ2v) is 4.19. The van der Waals surface area contributed by atoms with Crippen LogP contribution in [0.3, 0.4) is 0 Å². The molecule has 0 aromatic rings. The molecule has 0 aromatic carbocycles. The summed E-state index contributed by atoms with van der Waals surface area (Å²) in [5, 5.41) is 13.3.